The summed E-state index contributed by atoms with van der Waals surface area (Å²) in [6.45, 7) is 8.71. The van der Waals surface area contributed by atoms with Crippen LogP contribution in [0.3, 0.4) is 0 Å². The number of anilines is 2. The monoisotopic (exact) mass is 606 g/mol. The van der Waals surface area contributed by atoms with Gasteiger partial charge >= 0.3 is 0 Å². The number of ether oxygens (including phenoxy) is 2. The van der Waals surface area contributed by atoms with Crippen molar-refractivity contribution in [1.29, 1.82) is 0 Å². The fourth-order valence-electron chi connectivity index (χ4n) is 8.01. The van der Waals surface area contributed by atoms with Gasteiger partial charge in [0.15, 0.2) is 5.60 Å². The van der Waals surface area contributed by atoms with E-state index in [0.717, 1.165) is 29.8 Å². The highest BCUT2D eigenvalue weighted by molar-refractivity contribution is 6.91. The van der Waals surface area contributed by atoms with Gasteiger partial charge in [-0.1, -0.05) is 37.3 Å². The van der Waals surface area contributed by atoms with E-state index in [0.29, 0.717) is 25.3 Å². The summed E-state index contributed by atoms with van der Waals surface area (Å²) >= 11 is 0. The van der Waals surface area contributed by atoms with Crippen LogP contribution in [0.15, 0.2) is 42.5 Å². The molecule has 4 aliphatic rings. The van der Waals surface area contributed by atoms with E-state index in [4.69, 9.17) is 9.47 Å². The predicted octanol–water partition coefficient (Wildman–Crippen LogP) is 2.17. The molecule has 3 amide bonds. The highest BCUT2D eigenvalue weighted by Gasteiger charge is 2.65. The van der Waals surface area contributed by atoms with Gasteiger partial charge in [0.25, 0.3) is 5.91 Å². The molecule has 0 aromatic heterocycles. The molecule has 5 atom stereocenters. The number of methoxy groups -OCH3 is 1. The number of fused-ring (bicyclic) bond motifs is 2. The van der Waals surface area contributed by atoms with E-state index < -0.39 is 19.8 Å². The van der Waals surface area contributed by atoms with Gasteiger partial charge in [0.05, 0.1) is 46.9 Å². The van der Waals surface area contributed by atoms with E-state index in [1.54, 1.807) is 16.9 Å². The Bertz CT molecular complexity index is 1420. The minimum atomic E-state index is -2.39. The number of rotatable bonds is 7. The van der Waals surface area contributed by atoms with Crippen molar-refractivity contribution in [3.05, 3.63) is 48.0 Å². The Kier molecular flexibility index (Phi) is 7.87. The number of aliphatic hydroxyl groups excluding tert-OH is 1. The molecule has 1 spiro atoms. The number of nitrogens with one attached hydrogen (secondary N) is 2. The summed E-state index contributed by atoms with van der Waals surface area (Å²) in [7, 11) is -0.750. The van der Waals surface area contributed by atoms with Crippen LogP contribution in [0.2, 0.25) is 18.6 Å². The number of hydrogen-bond acceptors (Lipinski definition) is 7. The number of carbonyl (C=O) groups excluding carboxylic acids is 3. The molecule has 2 aromatic rings. The van der Waals surface area contributed by atoms with Crippen molar-refractivity contribution in [1.82, 2.24) is 10.2 Å². The summed E-state index contributed by atoms with van der Waals surface area (Å²) in [6, 6.07) is 13.6. The van der Waals surface area contributed by atoms with Gasteiger partial charge in [-0.05, 0) is 48.7 Å². The lowest BCUT2D eigenvalue weighted by Gasteiger charge is -2.37. The van der Waals surface area contributed by atoms with Gasteiger partial charge in [-0.15, -0.1) is 0 Å². The van der Waals surface area contributed by atoms with Crippen LogP contribution >= 0.6 is 0 Å². The van der Waals surface area contributed by atoms with Crippen LogP contribution in [0.5, 0.6) is 5.75 Å². The molecule has 6 rings (SSSR count). The molecule has 43 heavy (non-hydrogen) atoms. The standard InChI is InChI=1S/C32H42N4O6Si/c1-20-30(43(3,4)24-10-8-23(41-2)9-11-24)27(17-28(38)35-14-5-6-22(35)19-37)42-32(20)25-16-21(7-12-26(25)34-31(32)40)36-15-13-33-18-29(36)39/h7-12,16,20,22,27,30,33,37H,5-6,13-15,17-19H2,1-4H3,(H,34,40)/t20-,22-,27+,30-,32+/m0/s1. The van der Waals surface area contributed by atoms with Crippen LogP contribution in [0.1, 0.15) is 31.7 Å². The Morgan fingerprint density at radius 3 is 2.63 bits per heavy atom. The second-order valence-corrected chi connectivity index (χ2v) is 17.5. The molecule has 4 heterocycles. The minimum Gasteiger partial charge on any atom is -0.497 e. The minimum absolute atomic E-state index is 0.0173. The zero-order valence-corrected chi connectivity index (χ0v) is 26.4. The lowest BCUT2D eigenvalue weighted by atomic mass is 9.82. The van der Waals surface area contributed by atoms with Gasteiger partial charge in [0.1, 0.15) is 5.75 Å². The maximum Gasteiger partial charge on any atom is 0.261 e. The molecule has 230 valence electrons. The third kappa shape index (κ3) is 4.86. The molecular weight excluding hydrogens is 564 g/mol. The van der Waals surface area contributed by atoms with Crippen LogP contribution in [0, 0.1) is 5.92 Å². The summed E-state index contributed by atoms with van der Waals surface area (Å²) in [6.07, 6.45) is 1.28. The van der Waals surface area contributed by atoms with E-state index >= 15 is 0 Å². The molecule has 3 fully saturated rings. The third-order valence-corrected chi connectivity index (χ3v) is 14.6. The van der Waals surface area contributed by atoms with Crippen molar-refractivity contribution in [3.63, 3.8) is 0 Å². The van der Waals surface area contributed by atoms with E-state index in [9.17, 15) is 19.5 Å². The molecule has 0 aliphatic carbocycles. The van der Waals surface area contributed by atoms with Crippen LogP contribution in [0.25, 0.3) is 0 Å². The number of likely N-dealkylation sites (tertiary alicyclic amines) is 1. The normalized spacial score (nSPS) is 28.9. The molecular formula is C32H42N4O6Si. The van der Waals surface area contributed by atoms with Crippen LogP contribution in [-0.2, 0) is 24.7 Å². The number of piperazine rings is 1. The van der Waals surface area contributed by atoms with E-state index in [2.05, 4.69) is 42.8 Å². The van der Waals surface area contributed by atoms with Crippen molar-refractivity contribution >= 4 is 42.4 Å². The van der Waals surface area contributed by atoms with Gasteiger partial charge in [0, 0.05) is 42.5 Å². The summed E-state index contributed by atoms with van der Waals surface area (Å²) < 4.78 is 12.4. The van der Waals surface area contributed by atoms with Crippen LogP contribution in [-0.4, -0.2) is 87.8 Å². The van der Waals surface area contributed by atoms with Crippen LogP contribution in [0.4, 0.5) is 11.4 Å². The highest BCUT2D eigenvalue weighted by atomic mass is 28.3. The maximum atomic E-state index is 14.0. The average Bonchev–Trinajstić information content (AvgIpc) is 3.68. The third-order valence-electron chi connectivity index (χ3n) is 10.3. The first-order valence-electron chi connectivity index (χ1n) is 15.3. The molecule has 0 bridgehead atoms. The first-order chi connectivity index (χ1) is 20.6. The fourth-order valence-corrected chi connectivity index (χ4v) is 12.0. The smallest absolute Gasteiger partial charge is 0.261 e. The van der Waals surface area contributed by atoms with Crippen molar-refractivity contribution in [3.8, 4) is 5.75 Å². The molecule has 11 heteroatoms. The van der Waals surface area contributed by atoms with Crippen LogP contribution < -0.4 is 25.5 Å². The Hall–Kier alpha value is -3.25. The van der Waals surface area contributed by atoms with Gasteiger partial charge in [-0.2, -0.15) is 0 Å². The molecule has 0 radical (unpaired) electrons. The van der Waals surface area contributed by atoms with Gasteiger partial charge in [-0.25, -0.2) is 0 Å². The number of aliphatic hydroxyl groups is 1. The first-order valence-corrected chi connectivity index (χ1v) is 18.4. The number of carbonyl (C=O) groups is 3. The summed E-state index contributed by atoms with van der Waals surface area (Å²) in [4.78, 5) is 44.1. The van der Waals surface area contributed by atoms with E-state index in [-0.39, 0.29) is 54.8 Å². The molecule has 2 aromatic carbocycles. The molecule has 3 N–H and O–H groups in total. The molecule has 4 aliphatic heterocycles. The maximum absolute atomic E-state index is 14.0. The Balaban J connectivity index is 1.42. The predicted molar refractivity (Wildman–Crippen MR) is 166 cm³/mol. The Morgan fingerprint density at radius 2 is 1.93 bits per heavy atom. The van der Waals surface area contributed by atoms with Gasteiger partial charge in [-0.3, -0.25) is 14.4 Å². The quantitative estimate of drug-likeness (QED) is 0.414. The summed E-state index contributed by atoms with van der Waals surface area (Å²) in [5.74, 6) is 0.227. The topological polar surface area (TPSA) is 120 Å². The van der Waals surface area contributed by atoms with Gasteiger partial charge < -0.3 is 35.0 Å². The second-order valence-electron chi connectivity index (χ2n) is 12.8. The van der Waals surface area contributed by atoms with Gasteiger partial charge in [0.2, 0.25) is 11.8 Å². The highest BCUT2D eigenvalue weighted by Crippen LogP contribution is 2.59. The Labute approximate surface area is 253 Å². The van der Waals surface area contributed by atoms with Crippen molar-refractivity contribution in [2.75, 3.05) is 50.1 Å². The van der Waals surface area contributed by atoms with E-state index in [1.807, 2.05) is 30.3 Å². The fraction of sp³-hybridized carbons (Fsp3) is 0.531. The number of nitrogens with zero attached hydrogens (tertiary/aromatic N) is 2. The summed E-state index contributed by atoms with van der Waals surface area (Å²) in [5.41, 5.74) is 0.764. The second kappa shape index (κ2) is 11.3. The molecule has 3 saturated heterocycles. The SMILES string of the molecule is COc1ccc([Si](C)(C)[C@@H]2[C@@H](CC(=O)N3CCC[C@H]3CO)O[C@]3(C(=O)Nc4ccc(N5CCNCC5=O)cc43)[C@H]2C)cc1. The lowest BCUT2D eigenvalue weighted by molar-refractivity contribution is -0.148. The number of hydrogen-bond donors (Lipinski definition) is 3. The lowest BCUT2D eigenvalue weighted by Crippen LogP contribution is -2.52. The number of benzene rings is 2. The first kappa shape index (κ1) is 29.8. The average molecular weight is 607 g/mol. The number of amides is 3. The van der Waals surface area contributed by atoms with Crippen molar-refractivity contribution in [2.45, 2.75) is 62.6 Å². The molecule has 0 saturated carbocycles. The molecule has 0 unspecified atom stereocenters. The summed E-state index contributed by atoms with van der Waals surface area (Å²) in [5, 5.41) is 17.3. The molecule has 10 nitrogen and oxygen atoms in total. The van der Waals surface area contributed by atoms with Crippen molar-refractivity contribution in [2.24, 2.45) is 5.92 Å². The van der Waals surface area contributed by atoms with Crippen molar-refractivity contribution < 1.29 is 29.0 Å². The Morgan fingerprint density at radius 1 is 1.16 bits per heavy atom. The van der Waals surface area contributed by atoms with E-state index in [1.165, 1.54) is 5.19 Å². The zero-order chi connectivity index (χ0) is 30.5. The largest absolute Gasteiger partial charge is 0.497 e. The zero-order valence-electron chi connectivity index (χ0n) is 25.4.